The van der Waals surface area contributed by atoms with Crippen LogP contribution in [0.25, 0.3) is 11.0 Å². The maximum Gasteiger partial charge on any atom is 0.131 e. The number of hydrogen-bond acceptors (Lipinski definition) is 3. The zero-order chi connectivity index (χ0) is 13.8. The Morgan fingerprint density at radius 1 is 1.42 bits per heavy atom. The molecular weight excluding hydrogens is 238 g/mol. The molecule has 2 aromatic rings. The summed E-state index contributed by atoms with van der Waals surface area (Å²) >= 11 is 0. The van der Waals surface area contributed by atoms with Crippen LogP contribution in [-0.4, -0.2) is 21.9 Å². The van der Waals surface area contributed by atoms with E-state index < -0.39 is 0 Å². The topological polar surface area (TPSA) is 60.9 Å². The van der Waals surface area contributed by atoms with Gasteiger partial charge in [-0.25, -0.2) is 4.98 Å². The van der Waals surface area contributed by atoms with E-state index in [1.807, 2.05) is 0 Å². The third-order valence-corrected chi connectivity index (χ3v) is 3.36. The van der Waals surface area contributed by atoms with Crippen molar-refractivity contribution in [3.8, 4) is 0 Å². The Labute approximate surface area is 113 Å². The SMILES string of the molecule is CCc1ccc2c(c1)nc(CCN)n2CCC(C)=O. The Kier molecular flexibility index (Phi) is 4.32. The highest BCUT2D eigenvalue weighted by atomic mass is 16.1. The Hall–Kier alpha value is -1.68. The molecule has 0 aliphatic heterocycles. The van der Waals surface area contributed by atoms with Gasteiger partial charge in [0.1, 0.15) is 11.6 Å². The standard InChI is InChI=1S/C15H21N3O/c1-3-12-4-5-14-13(10-12)17-15(6-8-16)18(14)9-7-11(2)19/h4-5,10H,3,6-9,16H2,1-2H3. The van der Waals surface area contributed by atoms with Gasteiger partial charge in [0.05, 0.1) is 11.0 Å². The molecule has 0 atom stereocenters. The lowest BCUT2D eigenvalue weighted by Crippen LogP contribution is -2.11. The van der Waals surface area contributed by atoms with E-state index in [1.165, 1.54) is 5.56 Å². The van der Waals surface area contributed by atoms with Crippen molar-refractivity contribution in [3.63, 3.8) is 0 Å². The number of imidazole rings is 1. The number of hydrogen-bond donors (Lipinski definition) is 1. The van der Waals surface area contributed by atoms with Crippen molar-refractivity contribution in [2.24, 2.45) is 5.73 Å². The van der Waals surface area contributed by atoms with Crippen LogP contribution >= 0.6 is 0 Å². The van der Waals surface area contributed by atoms with Gasteiger partial charge in [-0.2, -0.15) is 0 Å². The first kappa shape index (κ1) is 13.7. The molecule has 4 nitrogen and oxygen atoms in total. The van der Waals surface area contributed by atoms with Gasteiger partial charge >= 0.3 is 0 Å². The van der Waals surface area contributed by atoms with Gasteiger partial charge < -0.3 is 10.3 Å². The first-order chi connectivity index (χ1) is 9.15. The summed E-state index contributed by atoms with van der Waals surface area (Å²) in [5.74, 6) is 1.18. The molecule has 0 aliphatic carbocycles. The Bertz CT molecular complexity index is 586. The van der Waals surface area contributed by atoms with Gasteiger partial charge in [-0.15, -0.1) is 0 Å². The fourth-order valence-corrected chi connectivity index (χ4v) is 2.28. The summed E-state index contributed by atoms with van der Waals surface area (Å²) in [7, 11) is 0. The van der Waals surface area contributed by atoms with E-state index >= 15 is 0 Å². The predicted molar refractivity (Wildman–Crippen MR) is 77.2 cm³/mol. The van der Waals surface area contributed by atoms with E-state index in [1.54, 1.807) is 6.92 Å². The molecule has 4 heteroatoms. The minimum absolute atomic E-state index is 0.200. The van der Waals surface area contributed by atoms with Crippen molar-refractivity contribution in [2.75, 3.05) is 6.54 Å². The van der Waals surface area contributed by atoms with Gasteiger partial charge in [0.15, 0.2) is 0 Å². The fourth-order valence-electron chi connectivity index (χ4n) is 2.28. The van der Waals surface area contributed by atoms with E-state index in [4.69, 9.17) is 5.73 Å². The molecule has 1 aromatic heterocycles. The number of carbonyl (C=O) groups is 1. The number of nitrogens with two attached hydrogens (primary N) is 1. The molecule has 0 fully saturated rings. The zero-order valence-electron chi connectivity index (χ0n) is 11.6. The number of Topliss-reactive ketones (excluding diaryl/α,β-unsaturated/α-hetero) is 1. The number of fused-ring (bicyclic) bond motifs is 1. The Balaban J connectivity index is 2.44. The minimum atomic E-state index is 0.200. The maximum absolute atomic E-state index is 11.2. The molecule has 0 amide bonds. The second-order valence-corrected chi connectivity index (χ2v) is 4.85. The molecule has 2 N–H and O–H groups in total. The number of benzene rings is 1. The predicted octanol–water partition coefficient (Wildman–Crippen LogP) is 2.08. The average molecular weight is 259 g/mol. The monoisotopic (exact) mass is 259 g/mol. The average Bonchev–Trinajstić information content (AvgIpc) is 2.73. The molecule has 2 rings (SSSR count). The Morgan fingerprint density at radius 2 is 2.21 bits per heavy atom. The van der Waals surface area contributed by atoms with Gasteiger partial charge in [-0.3, -0.25) is 4.79 Å². The molecule has 0 bridgehead atoms. The number of aromatic nitrogens is 2. The highest BCUT2D eigenvalue weighted by molar-refractivity contribution is 5.78. The summed E-state index contributed by atoms with van der Waals surface area (Å²) in [6, 6.07) is 6.35. The molecule has 0 saturated heterocycles. The highest BCUT2D eigenvalue weighted by Crippen LogP contribution is 2.19. The third kappa shape index (κ3) is 3.01. The van der Waals surface area contributed by atoms with E-state index in [2.05, 4.69) is 34.7 Å². The molecule has 0 saturated carbocycles. The quantitative estimate of drug-likeness (QED) is 0.864. The first-order valence-electron chi connectivity index (χ1n) is 6.83. The van der Waals surface area contributed by atoms with Crippen LogP contribution in [0.5, 0.6) is 0 Å². The highest BCUT2D eigenvalue weighted by Gasteiger charge is 2.11. The number of rotatable bonds is 6. The summed E-state index contributed by atoms with van der Waals surface area (Å²) in [4.78, 5) is 15.8. The van der Waals surface area contributed by atoms with Crippen LogP contribution in [0.3, 0.4) is 0 Å². The van der Waals surface area contributed by atoms with Gasteiger partial charge in [-0.05, 0) is 37.6 Å². The number of ketones is 1. The molecular formula is C15H21N3O. The number of carbonyl (C=O) groups excluding carboxylic acids is 1. The zero-order valence-corrected chi connectivity index (χ0v) is 11.6. The van der Waals surface area contributed by atoms with Crippen molar-refractivity contribution in [1.82, 2.24) is 9.55 Å². The van der Waals surface area contributed by atoms with Crippen LogP contribution in [0.15, 0.2) is 18.2 Å². The molecule has 0 spiro atoms. The summed E-state index contributed by atoms with van der Waals surface area (Å²) in [5.41, 5.74) is 9.03. The van der Waals surface area contributed by atoms with Crippen LogP contribution in [-0.2, 0) is 24.2 Å². The van der Waals surface area contributed by atoms with Gasteiger partial charge in [0.2, 0.25) is 0 Å². The van der Waals surface area contributed by atoms with Gasteiger partial charge in [0.25, 0.3) is 0 Å². The van der Waals surface area contributed by atoms with Crippen LogP contribution in [0, 0.1) is 0 Å². The summed E-state index contributed by atoms with van der Waals surface area (Å²) in [6.07, 6.45) is 2.29. The van der Waals surface area contributed by atoms with Gasteiger partial charge in [0, 0.05) is 19.4 Å². The van der Waals surface area contributed by atoms with Crippen LogP contribution in [0.1, 0.15) is 31.7 Å². The molecule has 0 aliphatic rings. The minimum Gasteiger partial charge on any atom is -0.330 e. The lowest BCUT2D eigenvalue weighted by molar-refractivity contribution is -0.117. The third-order valence-electron chi connectivity index (χ3n) is 3.36. The van der Waals surface area contributed by atoms with Crippen molar-refractivity contribution in [3.05, 3.63) is 29.6 Å². The van der Waals surface area contributed by atoms with E-state index in [0.717, 1.165) is 29.7 Å². The second-order valence-electron chi connectivity index (χ2n) is 4.85. The lowest BCUT2D eigenvalue weighted by Gasteiger charge is -2.07. The number of aryl methyl sites for hydroxylation is 2. The first-order valence-corrected chi connectivity index (χ1v) is 6.83. The van der Waals surface area contributed by atoms with E-state index in [9.17, 15) is 4.79 Å². The largest absolute Gasteiger partial charge is 0.330 e. The van der Waals surface area contributed by atoms with Crippen molar-refractivity contribution in [2.45, 2.75) is 39.7 Å². The molecule has 1 aromatic carbocycles. The summed E-state index contributed by atoms with van der Waals surface area (Å²) in [5, 5.41) is 0. The lowest BCUT2D eigenvalue weighted by atomic mass is 10.1. The molecule has 0 radical (unpaired) electrons. The van der Waals surface area contributed by atoms with E-state index in [0.29, 0.717) is 19.5 Å². The van der Waals surface area contributed by atoms with Crippen molar-refractivity contribution < 1.29 is 4.79 Å². The van der Waals surface area contributed by atoms with Crippen LogP contribution in [0.2, 0.25) is 0 Å². The maximum atomic E-state index is 11.2. The molecule has 0 unspecified atom stereocenters. The van der Waals surface area contributed by atoms with Crippen molar-refractivity contribution >= 4 is 16.8 Å². The fraction of sp³-hybridized carbons (Fsp3) is 0.467. The van der Waals surface area contributed by atoms with Gasteiger partial charge in [-0.1, -0.05) is 13.0 Å². The smallest absolute Gasteiger partial charge is 0.131 e. The Morgan fingerprint density at radius 3 is 2.84 bits per heavy atom. The molecule has 19 heavy (non-hydrogen) atoms. The number of nitrogens with zero attached hydrogens (tertiary/aromatic N) is 2. The van der Waals surface area contributed by atoms with Crippen LogP contribution in [0.4, 0.5) is 0 Å². The second kappa shape index (κ2) is 5.97. The summed E-state index contributed by atoms with van der Waals surface area (Å²) in [6.45, 7) is 5.02. The van der Waals surface area contributed by atoms with Crippen LogP contribution < -0.4 is 5.73 Å². The van der Waals surface area contributed by atoms with Crippen molar-refractivity contribution in [1.29, 1.82) is 0 Å². The molecule has 1 heterocycles. The van der Waals surface area contributed by atoms with E-state index in [-0.39, 0.29) is 5.78 Å². The summed E-state index contributed by atoms with van der Waals surface area (Å²) < 4.78 is 2.13. The molecule has 102 valence electrons. The normalized spacial score (nSPS) is 11.1.